The fourth-order valence-corrected chi connectivity index (χ4v) is 2.75. The number of benzene rings is 1. The molecule has 0 radical (unpaired) electrons. The Balaban J connectivity index is 1.93. The van der Waals surface area contributed by atoms with Gasteiger partial charge in [-0.2, -0.15) is 0 Å². The average Bonchev–Trinajstić information content (AvgIpc) is 2.38. The van der Waals surface area contributed by atoms with E-state index in [1.165, 1.54) is 19.3 Å². The van der Waals surface area contributed by atoms with Gasteiger partial charge in [-0.3, -0.25) is 9.59 Å². The topological polar surface area (TPSA) is 46.2 Å². The van der Waals surface area contributed by atoms with Crippen molar-refractivity contribution in [2.24, 2.45) is 5.92 Å². The number of rotatable bonds is 3. The third kappa shape index (κ3) is 4.19. The first-order valence-electron chi connectivity index (χ1n) is 7.58. The van der Waals surface area contributed by atoms with E-state index in [1.54, 1.807) is 31.2 Å². The van der Waals surface area contributed by atoms with E-state index in [0.29, 0.717) is 5.56 Å². The Kier molecular flexibility index (Phi) is 5.33. The minimum Gasteiger partial charge on any atom is -0.326 e. The summed E-state index contributed by atoms with van der Waals surface area (Å²) in [5, 5.41) is 2.98. The van der Waals surface area contributed by atoms with Crippen LogP contribution in [0, 0.1) is 5.92 Å². The summed E-state index contributed by atoms with van der Waals surface area (Å²) in [6.07, 6.45) is 8.10. The van der Waals surface area contributed by atoms with E-state index >= 15 is 0 Å². The standard InChI is InChI=1S/C17H23NO2/c1-13(19)14-9-11-16(12-10-14)18-17(20)15-7-5-3-2-4-6-8-15/h9-12,15H,2-8H2,1H3,(H,18,20). The first-order valence-corrected chi connectivity index (χ1v) is 7.58. The second kappa shape index (κ2) is 7.22. The molecule has 1 N–H and O–H groups in total. The van der Waals surface area contributed by atoms with Gasteiger partial charge in [-0.1, -0.05) is 32.1 Å². The molecule has 108 valence electrons. The van der Waals surface area contributed by atoms with Gasteiger partial charge in [-0.25, -0.2) is 0 Å². The summed E-state index contributed by atoms with van der Waals surface area (Å²) in [5.74, 6) is 0.313. The zero-order valence-electron chi connectivity index (χ0n) is 12.2. The molecule has 3 heteroatoms. The molecule has 1 aromatic carbocycles. The van der Waals surface area contributed by atoms with Crippen molar-refractivity contribution in [3.05, 3.63) is 29.8 Å². The molecular weight excluding hydrogens is 250 g/mol. The van der Waals surface area contributed by atoms with Crippen LogP contribution in [0.4, 0.5) is 5.69 Å². The molecule has 1 aromatic rings. The van der Waals surface area contributed by atoms with Crippen LogP contribution in [0.1, 0.15) is 62.2 Å². The molecular formula is C17H23NO2. The Morgan fingerprint density at radius 3 is 2.05 bits per heavy atom. The van der Waals surface area contributed by atoms with E-state index in [2.05, 4.69) is 5.32 Å². The lowest BCUT2D eigenvalue weighted by atomic mass is 9.90. The number of Topliss-reactive ketones (excluding diaryl/α,β-unsaturated/α-hetero) is 1. The number of nitrogens with one attached hydrogen (secondary N) is 1. The molecule has 1 aliphatic carbocycles. The number of anilines is 1. The highest BCUT2D eigenvalue weighted by atomic mass is 16.2. The number of ketones is 1. The van der Waals surface area contributed by atoms with Crippen LogP contribution < -0.4 is 5.32 Å². The highest BCUT2D eigenvalue weighted by molar-refractivity contribution is 5.96. The number of hydrogen-bond acceptors (Lipinski definition) is 2. The van der Waals surface area contributed by atoms with Crippen molar-refractivity contribution in [3.8, 4) is 0 Å². The highest BCUT2D eigenvalue weighted by Gasteiger charge is 2.19. The van der Waals surface area contributed by atoms with E-state index in [-0.39, 0.29) is 17.6 Å². The van der Waals surface area contributed by atoms with Crippen LogP contribution in [0.2, 0.25) is 0 Å². The van der Waals surface area contributed by atoms with Gasteiger partial charge in [-0.15, -0.1) is 0 Å². The average molecular weight is 273 g/mol. The summed E-state index contributed by atoms with van der Waals surface area (Å²) >= 11 is 0. The van der Waals surface area contributed by atoms with Gasteiger partial charge in [0.05, 0.1) is 0 Å². The SMILES string of the molecule is CC(=O)c1ccc(NC(=O)C2CCCCCCC2)cc1. The summed E-state index contributed by atoms with van der Waals surface area (Å²) in [7, 11) is 0. The van der Waals surface area contributed by atoms with Crippen LogP contribution >= 0.6 is 0 Å². The molecule has 0 bridgehead atoms. The summed E-state index contributed by atoms with van der Waals surface area (Å²) in [6, 6.07) is 7.13. The number of carbonyl (C=O) groups excluding carboxylic acids is 2. The van der Waals surface area contributed by atoms with Gasteiger partial charge in [0.25, 0.3) is 0 Å². The summed E-state index contributed by atoms with van der Waals surface area (Å²) in [4.78, 5) is 23.5. The van der Waals surface area contributed by atoms with Crippen LogP contribution in [-0.4, -0.2) is 11.7 Å². The number of hydrogen-bond donors (Lipinski definition) is 1. The second-order valence-corrected chi connectivity index (χ2v) is 5.66. The molecule has 2 rings (SSSR count). The van der Waals surface area contributed by atoms with E-state index in [1.807, 2.05) is 0 Å². The lowest BCUT2D eigenvalue weighted by molar-refractivity contribution is -0.120. The first-order chi connectivity index (χ1) is 9.66. The van der Waals surface area contributed by atoms with Crippen molar-refractivity contribution >= 4 is 17.4 Å². The van der Waals surface area contributed by atoms with E-state index in [4.69, 9.17) is 0 Å². The summed E-state index contributed by atoms with van der Waals surface area (Å²) in [6.45, 7) is 1.54. The molecule has 1 saturated carbocycles. The fourth-order valence-electron chi connectivity index (χ4n) is 2.75. The lowest BCUT2D eigenvalue weighted by Crippen LogP contribution is -2.23. The molecule has 0 atom stereocenters. The van der Waals surface area contributed by atoms with Gasteiger partial charge in [-0.05, 0) is 44.0 Å². The first kappa shape index (κ1) is 14.8. The predicted molar refractivity (Wildman–Crippen MR) is 80.9 cm³/mol. The molecule has 0 aromatic heterocycles. The Bertz CT molecular complexity index is 456. The Labute approximate surface area is 120 Å². The maximum absolute atomic E-state index is 12.3. The van der Waals surface area contributed by atoms with Crippen LogP contribution in [0.5, 0.6) is 0 Å². The van der Waals surface area contributed by atoms with Crippen LogP contribution in [0.3, 0.4) is 0 Å². The van der Waals surface area contributed by atoms with Gasteiger partial charge in [0.2, 0.25) is 5.91 Å². The van der Waals surface area contributed by atoms with E-state index in [0.717, 1.165) is 31.4 Å². The van der Waals surface area contributed by atoms with Crippen LogP contribution in [-0.2, 0) is 4.79 Å². The number of carbonyl (C=O) groups is 2. The van der Waals surface area contributed by atoms with E-state index < -0.39 is 0 Å². The lowest BCUT2D eigenvalue weighted by Gasteiger charge is -2.19. The quantitative estimate of drug-likeness (QED) is 0.839. The monoisotopic (exact) mass is 273 g/mol. The zero-order valence-corrected chi connectivity index (χ0v) is 12.2. The number of amides is 1. The van der Waals surface area contributed by atoms with Crippen LogP contribution in [0.15, 0.2) is 24.3 Å². The van der Waals surface area contributed by atoms with Gasteiger partial charge in [0, 0.05) is 17.2 Å². The Morgan fingerprint density at radius 1 is 0.950 bits per heavy atom. The molecule has 1 fully saturated rings. The smallest absolute Gasteiger partial charge is 0.227 e. The second-order valence-electron chi connectivity index (χ2n) is 5.66. The largest absolute Gasteiger partial charge is 0.326 e. The third-order valence-electron chi connectivity index (χ3n) is 4.03. The Morgan fingerprint density at radius 2 is 1.50 bits per heavy atom. The minimum absolute atomic E-state index is 0.0443. The van der Waals surface area contributed by atoms with Crippen molar-refractivity contribution in [1.29, 1.82) is 0 Å². The van der Waals surface area contributed by atoms with Gasteiger partial charge in [0.1, 0.15) is 0 Å². The van der Waals surface area contributed by atoms with Crippen molar-refractivity contribution in [2.75, 3.05) is 5.32 Å². The molecule has 20 heavy (non-hydrogen) atoms. The molecule has 1 aliphatic rings. The third-order valence-corrected chi connectivity index (χ3v) is 4.03. The maximum atomic E-state index is 12.3. The highest BCUT2D eigenvalue weighted by Crippen LogP contribution is 2.23. The molecule has 0 aliphatic heterocycles. The minimum atomic E-state index is 0.0443. The molecule has 0 saturated heterocycles. The van der Waals surface area contributed by atoms with Crippen molar-refractivity contribution in [2.45, 2.75) is 51.9 Å². The van der Waals surface area contributed by atoms with Gasteiger partial charge >= 0.3 is 0 Å². The zero-order chi connectivity index (χ0) is 14.4. The van der Waals surface area contributed by atoms with Crippen LogP contribution in [0.25, 0.3) is 0 Å². The predicted octanol–water partition coefficient (Wildman–Crippen LogP) is 4.19. The molecule has 0 unspecified atom stereocenters. The van der Waals surface area contributed by atoms with Gasteiger partial charge < -0.3 is 5.32 Å². The molecule has 0 heterocycles. The van der Waals surface area contributed by atoms with Crippen molar-refractivity contribution in [1.82, 2.24) is 0 Å². The molecule has 1 amide bonds. The summed E-state index contributed by atoms with van der Waals surface area (Å²) < 4.78 is 0. The fraction of sp³-hybridized carbons (Fsp3) is 0.529. The molecule has 3 nitrogen and oxygen atoms in total. The normalized spacial score (nSPS) is 17.1. The maximum Gasteiger partial charge on any atom is 0.227 e. The summed E-state index contributed by atoms with van der Waals surface area (Å²) in [5.41, 5.74) is 1.45. The van der Waals surface area contributed by atoms with Gasteiger partial charge in [0.15, 0.2) is 5.78 Å². The van der Waals surface area contributed by atoms with Crippen molar-refractivity contribution in [3.63, 3.8) is 0 Å². The Hall–Kier alpha value is -1.64. The van der Waals surface area contributed by atoms with Crippen molar-refractivity contribution < 1.29 is 9.59 Å². The molecule has 0 spiro atoms. The van der Waals surface area contributed by atoms with E-state index in [9.17, 15) is 9.59 Å².